The van der Waals surface area contributed by atoms with E-state index in [0.717, 1.165) is 37.9 Å². The normalized spacial score (nSPS) is 30.8. The van der Waals surface area contributed by atoms with Crippen LogP contribution in [0.2, 0.25) is 0 Å². The maximum atomic E-state index is 12.3. The van der Waals surface area contributed by atoms with Crippen LogP contribution in [0.5, 0.6) is 0 Å². The average Bonchev–Trinajstić information content (AvgIpc) is 2.43. The lowest BCUT2D eigenvalue weighted by atomic mass is 9.72. The van der Waals surface area contributed by atoms with Crippen molar-refractivity contribution in [1.29, 1.82) is 0 Å². The molecule has 0 aromatic carbocycles. The van der Waals surface area contributed by atoms with Crippen LogP contribution in [0.15, 0.2) is 11.8 Å². The molecule has 26 heavy (non-hydrogen) atoms. The molecule has 7 heteroatoms. The molecule has 0 aromatic heterocycles. The maximum absolute atomic E-state index is 12.3. The van der Waals surface area contributed by atoms with Gasteiger partial charge in [-0.3, -0.25) is 0 Å². The van der Waals surface area contributed by atoms with E-state index in [9.17, 15) is 4.79 Å². The molecule has 1 aliphatic heterocycles. The van der Waals surface area contributed by atoms with Crippen LogP contribution in [0.3, 0.4) is 0 Å². The summed E-state index contributed by atoms with van der Waals surface area (Å²) in [6, 6.07) is 0. The Morgan fingerprint density at radius 1 is 1.31 bits per heavy atom. The Hall–Kier alpha value is 0.360. The van der Waals surface area contributed by atoms with Gasteiger partial charge in [0.2, 0.25) is 0 Å². The summed E-state index contributed by atoms with van der Waals surface area (Å²) in [6.45, 7) is 6.53. The average molecular weight is 491 g/mol. The minimum atomic E-state index is -1.26. The van der Waals surface area contributed by atoms with Crippen molar-refractivity contribution in [3.63, 3.8) is 0 Å². The third-order valence-corrected chi connectivity index (χ3v) is 6.47. The van der Waals surface area contributed by atoms with Crippen LogP contribution in [-0.4, -0.2) is 20.4 Å². The largest absolute Gasteiger partial charge is 0.456 e. The Kier molecular flexibility index (Phi) is 8.05. The van der Waals surface area contributed by atoms with Crippen molar-refractivity contribution in [2.24, 2.45) is 17.8 Å². The molecule has 1 heterocycles. The number of halogens is 4. The van der Waals surface area contributed by atoms with E-state index in [-0.39, 0.29) is 16.7 Å². The van der Waals surface area contributed by atoms with Crippen LogP contribution in [0.4, 0.5) is 0 Å². The molecule has 1 fully saturated rings. The van der Waals surface area contributed by atoms with Crippen molar-refractivity contribution in [2.75, 3.05) is 0 Å². The van der Waals surface area contributed by atoms with Gasteiger partial charge in [-0.1, -0.05) is 71.5 Å². The summed E-state index contributed by atoms with van der Waals surface area (Å²) in [5.74, 6) is 0.717. The fourth-order valence-electron chi connectivity index (χ4n) is 4.08. The molecule has 1 spiro atoms. The molecular formula is C19H28BrCl3O3. The molecule has 0 aromatic rings. The summed E-state index contributed by atoms with van der Waals surface area (Å²) in [6.07, 6.45) is 7.20. The van der Waals surface area contributed by atoms with E-state index >= 15 is 0 Å². The number of esters is 1. The second kappa shape index (κ2) is 9.24. The predicted octanol–water partition coefficient (Wildman–Crippen LogP) is 6.93. The highest BCUT2D eigenvalue weighted by Gasteiger charge is 2.51. The number of carbonyl (C=O) groups excluding carboxylic acids is 1. The quantitative estimate of drug-likeness (QED) is 0.299. The number of hydrogen-bond acceptors (Lipinski definition) is 3. The van der Waals surface area contributed by atoms with Crippen LogP contribution >= 0.6 is 50.7 Å². The zero-order valence-corrected chi connectivity index (χ0v) is 19.4. The first-order valence-electron chi connectivity index (χ1n) is 9.34. The van der Waals surface area contributed by atoms with Gasteiger partial charge in [-0.15, -0.1) is 0 Å². The zero-order chi connectivity index (χ0) is 19.5. The molecule has 2 aliphatic rings. The maximum Gasteiger partial charge on any atom is 0.337 e. The molecule has 1 saturated carbocycles. The monoisotopic (exact) mass is 488 g/mol. The number of hydrogen-bond donors (Lipinski definition) is 0. The Labute approximate surface area is 180 Å². The van der Waals surface area contributed by atoms with Crippen molar-refractivity contribution in [3.05, 3.63) is 11.8 Å². The second-order valence-corrected chi connectivity index (χ2v) is 11.8. The predicted molar refractivity (Wildman–Crippen MR) is 111 cm³/mol. The van der Waals surface area contributed by atoms with Gasteiger partial charge in [0.25, 0.3) is 5.79 Å². The minimum Gasteiger partial charge on any atom is -0.456 e. The molecule has 3 nitrogen and oxygen atoms in total. The SMILES string of the molecule is CC(C)[C@@H]1CC[C@@H](C)C[C@]12OC(=O)C=C(CCC[C@@H](Br)CC(Cl)(Cl)Cl)O2. The van der Waals surface area contributed by atoms with Gasteiger partial charge in [-0.25, -0.2) is 4.79 Å². The third kappa shape index (κ3) is 6.46. The van der Waals surface area contributed by atoms with Gasteiger partial charge in [0, 0.05) is 30.0 Å². The molecule has 0 N–H and O–H groups in total. The Balaban J connectivity index is 1.99. The Morgan fingerprint density at radius 3 is 2.62 bits per heavy atom. The summed E-state index contributed by atoms with van der Waals surface area (Å²) >= 11 is 21.1. The zero-order valence-electron chi connectivity index (χ0n) is 15.6. The van der Waals surface area contributed by atoms with Crippen LogP contribution in [0.1, 0.15) is 65.7 Å². The van der Waals surface area contributed by atoms with Crippen LogP contribution in [0.25, 0.3) is 0 Å². The molecule has 150 valence electrons. The van der Waals surface area contributed by atoms with E-state index in [1.54, 1.807) is 0 Å². The van der Waals surface area contributed by atoms with E-state index in [4.69, 9.17) is 44.3 Å². The number of allylic oxidation sites excluding steroid dienone is 1. The van der Waals surface area contributed by atoms with Crippen molar-refractivity contribution in [2.45, 2.75) is 80.1 Å². The smallest absolute Gasteiger partial charge is 0.337 e. The standard InChI is InChI=1S/C19H28BrCl3O3/c1-12(2)16-8-7-13(3)10-18(16)25-15(9-17(24)26-18)6-4-5-14(20)11-19(21,22)23/h9,12-14,16H,4-8,10-11H2,1-3H3/t13-,14-,16+,18+/m1/s1. The first-order chi connectivity index (χ1) is 12.0. The second-order valence-electron chi connectivity index (χ2n) is 7.99. The van der Waals surface area contributed by atoms with Gasteiger partial charge >= 0.3 is 5.97 Å². The van der Waals surface area contributed by atoms with E-state index in [1.165, 1.54) is 6.08 Å². The summed E-state index contributed by atoms with van der Waals surface area (Å²) in [7, 11) is 0. The highest BCUT2D eigenvalue weighted by atomic mass is 79.9. The first-order valence-corrected chi connectivity index (χ1v) is 11.4. The highest BCUT2D eigenvalue weighted by molar-refractivity contribution is 9.09. The van der Waals surface area contributed by atoms with Crippen LogP contribution in [0, 0.1) is 17.8 Å². The molecular weight excluding hydrogens is 462 g/mol. The van der Waals surface area contributed by atoms with Gasteiger partial charge in [0.1, 0.15) is 5.76 Å². The molecule has 2 rings (SSSR count). The van der Waals surface area contributed by atoms with E-state index in [1.807, 2.05) is 0 Å². The Bertz CT molecular complexity index is 533. The summed E-state index contributed by atoms with van der Waals surface area (Å²) in [5, 5.41) is 0. The molecule has 0 bridgehead atoms. The number of ether oxygens (including phenoxy) is 2. The summed E-state index contributed by atoms with van der Waals surface area (Å²) < 4.78 is 10.9. The van der Waals surface area contributed by atoms with Crippen LogP contribution < -0.4 is 0 Å². The van der Waals surface area contributed by atoms with Gasteiger partial charge in [-0.05, 0) is 37.5 Å². The van der Waals surface area contributed by atoms with Crippen molar-refractivity contribution < 1.29 is 14.3 Å². The van der Waals surface area contributed by atoms with Gasteiger partial charge in [-0.2, -0.15) is 0 Å². The van der Waals surface area contributed by atoms with E-state index in [2.05, 4.69) is 36.7 Å². The van der Waals surface area contributed by atoms with Crippen molar-refractivity contribution in [1.82, 2.24) is 0 Å². The number of rotatable bonds is 6. The lowest BCUT2D eigenvalue weighted by Gasteiger charge is -2.48. The number of alkyl halides is 4. The topological polar surface area (TPSA) is 35.5 Å². The third-order valence-electron chi connectivity index (χ3n) is 5.22. The lowest BCUT2D eigenvalue weighted by molar-refractivity contribution is -0.269. The van der Waals surface area contributed by atoms with E-state index < -0.39 is 9.58 Å². The summed E-state index contributed by atoms with van der Waals surface area (Å²) in [4.78, 5) is 12.4. The molecule has 0 saturated heterocycles. The van der Waals surface area contributed by atoms with Gasteiger partial charge in [0.05, 0.1) is 6.08 Å². The van der Waals surface area contributed by atoms with Gasteiger partial charge in [0.15, 0.2) is 3.79 Å². The Morgan fingerprint density at radius 2 is 2.00 bits per heavy atom. The molecule has 0 unspecified atom stereocenters. The van der Waals surface area contributed by atoms with Crippen molar-refractivity contribution in [3.8, 4) is 0 Å². The van der Waals surface area contributed by atoms with Crippen LogP contribution in [-0.2, 0) is 14.3 Å². The summed E-state index contributed by atoms with van der Waals surface area (Å²) in [5.41, 5.74) is 0. The molecule has 0 radical (unpaired) electrons. The molecule has 4 atom stereocenters. The first kappa shape index (κ1) is 22.6. The fraction of sp³-hybridized carbons (Fsp3) is 0.842. The van der Waals surface area contributed by atoms with Crippen molar-refractivity contribution >= 4 is 56.7 Å². The molecule has 0 amide bonds. The lowest BCUT2D eigenvalue weighted by Crippen LogP contribution is -2.52. The van der Waals surface area contributed by atoms with Gasteiger partial charge < -0.3 is 9.47 Å². The minimum absolute atomic E-state index is 0.109. The molecule has 1 aliphatic carbocycles. The highest BCUT2D eigenvalue weighted by Crippen LogP contribution is 2.47. The number of carbonyl (C=O) groups is 1. The van der Waals surface area contributed by atoms with E-state index in [0.29, 0.717) is 24.7 Å². The fourth-order valence-corrected chi connectivity index (χ4v) is 6.00.